The maximum atomic E-state index is 12.5. The average Bonchev–Trinajstić information content (AvgIpc) is 2.47. The van der Waals surface area contributed by atoms with Crippen molar-refractivity contribution in [2.45, 2.75) is 11.8 Å². The van der Waals surface area contributed by atoms with Crippen LogP contribution in [0.4, 0.5) is 5.69 Å². The second kappa shape index (κ2) is 5.85. The largest absolute Gasteiger partial charge is 0.495 e. The van der Waals surface area contributed by atoms with Crippen LogP contribution in [0.5, 0.6) is 5.75 Å². The summed E-state index contributed by atoms with van der Waals surface area (Å²) in [4.78, 5) is 0.0763. The van der Waals surface area contributed by atoms with Crippen LogP contribution in [0.1, 0.15) is 11.1 Å². The Hall–Kier alpha value is -2.52. The number of sulfonamides is 1. The summed E-state index contributed by atoms with van der Waals surface area (Å²) in [6.45, 7) is 1.68. The number of aryl methyl sites for hydroxylation is 1. The van der Waals surface area contributed by atoms with Crippen molar-refractivity contribution in [2.75, 3.05) is 11.8 Å². The average molecular weight is 302 g/mol. The molecule has 0 saturated carbocycles. The molecule has 0 bridgehead atoms. The minimum Gasteiger partial charge on any atom is -0.495 e. The molecule has 6 heteroatoms. The van der Waals surface area contributed by atoms with Crippen LogP contribution in [0.25, 0.3) is 0 Å². The van der Waals surface area contributed by atoms with Gasteiger partial charge >= 0.3 is 0 Å². The number of nitrogens with one attached hydrogen (secondary N) is 1. The summed E-state index contributed by atoms with van der Waals surface area (Å²) in [7, 11) is -2.32. The van der Waals surface area contributed by atoms with Crippen molar-refractivity contribution in [3.05, 3.63) is 53.6 Å². The molecule has 0 unspecified atom stereocenters. The molecule has 0 spiro atoms. The number of nitriles is 1. The van der Waals surface area contributed by atoms with Gasteiger partial charge in [-0.1, -0.05) is 18.2 Å². The Morgan fingerprint density at radius 2 is 1.90 bits per heavy atom. The lowest BCUT2D eigenvalue weighted by Crippen LogP contribution is -2.15. The minimum absolute atomic E-state index is 0.0763. The molecule has 0 saturated heterocycles. The molecule has 0 fully saturated rings. The molecule has 108 valence electrons. The number of nitrogens with zero attached hydrogens (tertiary/aromatic N) is 1. The Morgan fingerprint density at radius 3 is 2.57 bits per heavy atom. The van der Waals surface area contributed by atoms with Crippen LogP contribution in [0, 0.1) is 18.3 Å². The van der Waals surface area contributed by atoms with Gasteiger partial charge < -0.3 is 4.74 Å². The highest BCUT2D eigenvalue weighted by Gasteiger charge is 2.19. The molecular formula is C15H14N2O3S. The molecule has 2 aromatic rings. The Morgan fingerprint density at radius 1 is 1.19 bits per heavy atom. The number of hydrogen-bond donors (Lipinski definition) is 1. The predicted molar refractivity (Wildman–Crippen MR) is 79.7 cm³/mol. The molecule has 0 amide bonds. The van der Waals surface area contributed by atoms with E-state index in [-0.39, 0.29) is 4.90 Å². The highest BCUT2D eigenvalue weighted by Crippen LogP contribution is 2.27. The van der Waals surface area contributed by atoms with Gasteiger partial charge in [-0.2, -0.15) is 5.26 Å². The highest BCUT2D eigenvalue weighted by atomic mass is 32.2. The van der Waals surface area contributed by atoms with Crippen LogP contribution in [0.3, 0.4) is 0 Å². The molecular weight excluding hydrogens is 288 g/mol. The Bertz CT molecular complexity index is 808. The van der Waals surface area contributed by atoms with Gasteiger partial charge in [-0.05, 0) is 36.8 Å². The molecule has 2 aromatic carbocycles. The second-order valence-corrected chi connectivity index (χ2v) is 6.05. The maximum absolute atomic E-state index is 12.5. The molecule has 2 rings (SSSR count). The van der Waals surface area contributed by atoms with E-state index in [9.17, 15) is 8.42 Å². The first kappa shape index (κ1) is 14.9. The molecule has 0 aromatic heterocycles. The van der Waals surface area contributed by atoms with Crippen LogP contribution in [-0.2, 0) is 10.0 Å². The normalized spacial score (nSPS) is 10.7. The molecule has 0 radical (unpaired) electrons. The smallest absolute Gasteiger partial charge is 0.262 e. The van der Waals surface area contributed by atoms with Crippen LogP contribution in [-0.4, -0.2) is 15.5 Å². The van der Waals surface area contributed by atoms with E-state index in [1.807, 2.05) is 6.07 Å². The summed E-state index contributed by atoms with van der Waals surface area (Å²) in [6.07, 6.45) is 0. The van der Waals surface area contributed by atoms with Crippen molar-refractivity contribution in [3.63, 3.8) is 0 Å². The molecule has 5 nitrogen and oxygen atoms in total. The topological polar surface area (TPSA) is 79.2 Å². The van der Waals surface area contributed by atoms with E-state index in [2.05, 4.69) is 4.72 Å². The van der Waals surface area contributed by atoms with Crippen molar-refractivity contribution in [3.8, 4) is 11.8 Å². The molecule has 0 atom stereocenters. The fourth-order valence-electron chi connectivity index (χ4n) is 1.89. The second-order valence-electron chi connectivity index (χ2n) is 4.40. The number of para-hydroxylation sites is 2. The van der Waals surface area contributed by atoms with E-state index in [0.29, 0.717) is 22.6 Å². The Labute approximate surface area is 123 Å². The van der Waals surface area contributed by atoms with Gasteiger partial charge in [-0.25, -0.2) is 8.42 Å². The first-order valence-corrected chi connectivity index (χ1v) is 7.63. The van der Waals surface area contributed by atoms with Crippen molar-refractivity contribution in [1.29, 1.82) is 5.26 Å². The van der Waals surface area contributed by atoms with E-state index in [1.165, 1.54) is 13.2 Å². The summed E-state index contributed by atoms with van der Waals surface area (Å²) in [5, 5.41) is 8.91. The molecule has 0 heterocycles. The van der Waals surface area contributed by atoms with Crippen molar-refractivity contribution in [1.82, 2.24) is 0 Å². The SMILES string of the molecule is COc1ccccc1NS(=O)(=O)c1cc(C#N)ccc1C. The summed E-state index contributed by atoms with van der Waals surface area (Å²) < 4.78 is 32.6. The third-order valence-corrected chi connectivity index (χ3v) is 4.47. The fraction of sp³-hybridized carbons (Fsp3) is 0.133. The van der Waals surface area contributed by atoms with Gasteiger partial charge in [-0.3, -0.25) is 4.72 Å². The van der Waals surface area contributed by atoms with Gasteiger partial charge in [0.1, 0.15) is 5.75 Å². The van der Waals surface area contributed by atoms with E-state index >= 15 is 0 Å². The lowest BCUT2D eigenvalue weighted by atomic mass is 10.2. The molecule has 21 heavy (non-hydrogen) atoms. The zero-order valence-electron chi connectivity index (χ0n) is 11.6. The third kappa shape index (κ3) is 3.15. The van der Waals surface area contributed by atoms with E-state index < -0.39 is 10.0 Å². The summed E-state index contributed by atoms with van der Waals surface area (Å²) >= 11 is 0. The third-order valence-electron chi connectivity index (χ3n) is 2.96. The number of ether oxygens (including phenoxy) is 1. The van der Waals surface area contributed by atoms with Crippen molar-refractivity contribution >= 4 is 15.7 Å². The Balaban J connectivity index is 2.46. The van der Waals surface area contributed by atoms with Crippen molar-refractivity contribution < 1.29 is 13.2 Å². The monoisotopic (exact) mass is 302 g/mol. The van der Waals surface area contributed by atoms with Crippen LogP contribution in [0.2, 0.25) is 0 Å². The van der Waals surface area contributed by atoms with Gasteiger partial charge in [-0.15, -0.1) is 0 Å². The van der Waals surface area contributed by atoms with E-state index in [0.717, 1.165) is 0 Å². The van der Waals surface area contributed by atoms with Gasteiger partial charge in [0.05, 0.1) is 29.3 Å². The summed E-state index contributed by atoms with van der Waals surface area (Å²) in [5.41, 5.74) is 1.21. The number of methoxy groups -OCH3 is 1. The summed E-state index contributed by atoms with van der Waals surface area (Å²) in [6, 6.07) is 13.2. The van der Waals surface area contributed by atoms with Gasteiger partial charge in [0, 0.05) is 0 Å². The quantitative estimate of drug-likeness (QED) is 0.941. The lowest BCUT2D eigenvalue weighted by molar-refractivity contribution is 0.417. The van der Waals surface area contributed by atoms with Crippen LogP contribution in [0.15, 0.2) is 47.4 Å². The van der Waals surface area contributed by atoms with Gasteiger partial charge in [0.25, 0.3) is 10.0 Å². The van der Waals surface area contributed by atoms with Crippen molar-refractivity contribution in [2.24, 2.45) is 0 Å². The zero-order valence-corrected chi connectivity index (χ0v) is 12.4. The fourth-order valence-corrected chi connectivity index (χ4v) is 3.23. The van der Waals surface area contributed by atoms with E-state index in [1.54, 1.807) is 43.3 Å². The molecule has 0 aliphatic rings. The molecule has 0 aliphatic carbocycles. The first-order chi connectivity index (χ1) is 9.97. The van der Waals surface area contributed by atoms with E-state index in [4.69, 9.17) is 10.00 Å². The predicted octanol–water partition coefficient (Wildman–Crippen LogP) is 2.68. The number of anilines is 1. The molecule has 0 aliphatic heterocycles. The molecule has 1 N–H and O–H groups in total. The first-order valence-electron chi connectivity index (χ1n) is 6.14. The zero-order chi connectivity index (χ0) is 15.5. The van der Waals surface area contributed by atoms with Gasteiger partial charge in [0.2, 0.25) is 0 Å². The number of benzene rings is 2. The van der Waals surface area contributed by atoms with Crippen LogP contribution < -0.4 is 9.46 Å². The maximum Gasteiger partial charge on any atom is 0.262 e. The minimum atomic E-state index is -3.79. The number of hydrogen-bond acceptors (Lipinski definition) is 4. The number of rotatable bonds is 4. The standard InChI is InChI=1S/C15H14N2O3S/c1-11-7-8-12(10-16)9-15(11)21(18,19)17-13-5-3-4-6-14(13)20-2/h3-9,17H,1-2H3. The van der Waals surface area contributed by atoms with Gasteiger partial charge in [0.15, 0.2) is 0 Å². The Kier molecular flexibility index (Phi) is 4.15. The lowest BCUT2D eigenvalue weighted by Gasteiger charge is -2.13. The highest BCUT2D eigenvalue weighted by molar-refractivity contribution is 7.92. The summed E-state index contributed by atoms with van der Waals surface area (Å²) in [5.74, 6) is 0.426. The van der Waals surface area contributed by atoms with Crippen LogP contribution >= 0.6 is 0 Å².